The number of nitrogens with one attached hydrogen (secondary N) is 2. The smallest absolute Gasteiger partial charge is 0.251 e. The zero-order chi connectivity index (χ0) is 14.7. The lowest BCUT2D eigenvalue weighted by Gasteiger charge is -2.17. The van der Waals surface area contributed by atoms with Crippen LogP contribution >= 0.6 is 11.3 Å². The van der Waals surface area contributed by atoms with Crippen LogP contribution in [0.2, 0.25) is 0 Å². The van der Waals surface area contributed by atoms with Gasteiger partial charge in [-0.2, -0.15) is 11.3 Å². The van der Waals surface area contributed by atoms with Crippen molar-refractivity contribution in [3.05, 3.63) is 57.8 Å². The Balaban J connectivity index is 1.72. The summed E-state index contributed by atoms with van der Waals surface area (Å²) in [7, 11) is 0. The first-order chi connectivity index (χ1) is 10.2. The molecule has 2 N–H and O–H groups in total. The van der Waals surface area contributed by atoms with Crippen molar-refractivity contribution >= 4 is 34.9 Å². The minimum atomic E-state index is -0.211. The van der Waals surface area contributed by atoms with Gasteiger partial charge in [-0.05, 0) is 52.6 Å². The van der Waals surface area contributed by atoms with E-state index in [9.17, 15) is 9.59 Å². The van der Waals surface area contributed by atoms with E-state index in [0.717, 1.165) is 17.5 Å². The molecule has 1 aromatic heterocycles. The molecule has 0 radical (unpaired) electrons. The Morgan fingerprint density at radius 3 is 3.05 bits per heavy atom. The minimum absolute atomic E-state index is 0.0823. The van der Waals surface area contributed by atoms with E-state index in [0.29, 0.717) is 17.8 Å². The van der Waals surface area contributed by atoms with E-state index < -0.39 is 0 Å². The van der Waals surface area contributed by atoms with Gasteiger partial charge < -0.3 is 10.6 Å². The summed E-state index contributed by atoms with van der Waals surface area (Å²) < 4.78 is 0. The molecule has 0 saturated carbocycles. The van der Waals surface area contributed by atoms with E-state index in [2.05, 4.69) is 10.6 Å². The minimum Gasteiger partial charge on any atom is -0.352 e. The predicted molar refractivity (Wildman–Crippen MR) is 84.5 cm³/mol. The van der Waals surface area contributed by atoms with E-state index in [-0.39, 0.29) is 11.8 Å². The van der Waals surface area contributed by atoms with Crippen LogP contribution in [-0.2, 0) is 11.2 Å². The summed E-state index contributed by atoms with van der Waals surface area (Å²) in [6.45, 7) is 0.668. The fourth-order valence-corrected chi connectivity index (χ4v) is 2.84. The monoisotopic (exact) mass is 298 g/mol. The molecule has 1 aliphatic rings. The number of carbonyl (C=O) groups excluding carboxylic acids is 2. The van der Waals surface area contributed by atoms with E-state index in [1.54, 1.807) is 23.5 Å². The number of benzene rings is 1. The topological polar surface area (TPSA) is 58.2 Å². The molecular formula is C16H14N2O2S. The normalized spacial score (nSPS) is 13.8. The van der Waals surface area contributed by atoms with E-state index in [4.69, 9.17) is 0 Å². The number of fused-ring (bicyclic) bond motifs is 1. The van der Waals surface area contributed by atoms with Gasteiger partial charge in [0.2, 0.25) is 5.91 Å². The number of hydrogen-bond acceptors (Lipinski definition) is 3. The van der Waals surface area contributed by atoms with Crippen molar-refractivity contribution in [2.75, 3.05) is 11.9 Å². The average molecular weight is 298 g/mol. The van der Waals surface area contributed by atoms with Gasteiger partial charge in [0.05, 0.1) is 0 Å². The lowest BCUT2D eigenvalue weighted by Crippen LogP contribution is -2.31. The van der Waals surface area contributed by atoms with E-state index in [1.807, 2.05) is 29.0 Å². The molecule has 21 heavy (non-hydrogen) atoms. The Morgan fingerprint density at radius 1 is 1.33 bits per heavy atom. The summed E-state index contributed by atoms with van der Waals surface area (Å²) in [4.78, 5) is 23.6. The van der Waals surface area contributed by atoms with Crippen molar-refractivity contribution in [1.29, 1.82) is 0 Å². The van der Waals surface area contributed by atoms with Crippen LogP contribution < -0.4 is 10.6 Å². The Morgan fingerprint density at radius 2 is 2.24 bits per heavy atom. The Hall–Kier alpha value is -2.40. The summed E-state index contributed by atoms with van der Waals surface area (Å²) in [5.41, 5.74) is 3.29. The van der Waals surface area contributed by atoms with Gasteiger partial charge in [0.25, 0.3) is 5.91 Å². The second-order valence-corrected chi connectivity index (χ2v) is 5.54. The number of amides is 2. The second-order valence-electron chi connectivity index (χ2n) is 4.76. The molecule has 0 fully saturated rings. The summed E-state index contributed by atoms with van der Waals surface area (Å²) in [6, 6.07) is 7.39. The van der Waals surface area contributed by atoms with Crippen molar-refractivity contribution in [2.24, 2.45) is 0 Å². The van der Waals surface area contributed by atoms with Crippen LogP contribution in [0.15, 0.2) is 41.1 Å². The summed E-state index contributed by atoms with van der Waals surface area (Å²) in [6.07, 6.45) is 4.08. The van der Waals surface area contributed by atoms with E-state index >= 15 is 0 Å². The summed E-state index contributed by atoms with van der Waals surface area (Å²) in [5, 5.41) is 9.49. The van der Waals surface area contributed by atoms with Crippen LogP contribution in [0.1, 0.15) is 21.5 Å². The van der Waals surface area contributed by atoms with Gasteiger partial charge >= 0.3 is 0 Å². The zero-order valence-electron chi connectivity index (χ0n) is 11.3. The van der Waals surface area contributed by atoms with Crippen LogP contribution in [0.4, 0.5) is 5.69 Å². The lowest BCUT2D eigenvalue weighted by molar-refractivity contribution is -0.111. The molecule has 0 saturated heterocycles. The molecule has 3 rings (SSSR count). The maximum atomic E-state index is 11.9. The number of thiophene rings is 1. The number of anilines is 1. The van der Waals surface area contributed by atoms with Gasteiger partial charge in [-0.3, -0.25) is 9.59 Å². The van der Waals surface area contributed by atoms with Crippen LogP contribution in [-0.4, -0.2) is 18.4 Å². The van der Waals surface area contributed by atoms with Crippen molar-refractivity contribution in [1.82, 2.24) is 5.32 Å². The van der Waals surface area contributed by atoms with Crippen molar-refractivity contribution in [3.63, 3.8) is 0 Å². The fraction of sp³-hybridized carbons (Fsp3) is 0.125. The maximum absolute atomic E-state index is 11.9. The first-order valence-corrected chi connectivity index (χ1v) is 7.59. The van der Waals surface area contributed by atoms with Gasteiger partial charge in [-0.25, -0.2) is 0 Å². The molecule has 0 bridgehead atoms. The third-order valence-electron chi connectivity index (χ3n) is 3.27. The molecular weight excluding hydrogens is 284 g/mol. The van der Waals surface area contributed by atoms with Crippen molar-refractivity contribution in [2.45, 2.75) is 6.42 Å². The fourth-order valence-electron chi connectivity index (χ4n) is 2.22. The Labute approximate surface area is 126 Å². The van der Waals surface area contributed by atoms with Gasteiger partial charge in [-0.1, -0.05) is 6.07 Å². The summed E-state index contributed by atoms with van der Waals surface area (Å²) >= 11 is 1.58. The molecule has 0 atom stereocenters. The summed E-state index contributed by atoms with van der Waals surface area (Å²) in [5.74, 6) is -0.293. The third kappa shape index (κ3) is 3.20. The van der Waals surface area contributed by atoms with Crippen LogP contribution in [0.3, 0.4) is 0 Å². The number of rotatable bonds is 3. The highest BCUT2D eigenvalue weighted by molar-refractivity contribution is 7.08. The quantitative estimate of drug-likeness (QED) is 0.856. The largest absolute Gasteiger partial charge is 0.352 e. The maximum Gasteiger partial charge on any atom is 0.251 e. The van der Waals surface area contributed by atoms with Crippen molar-refractivity contribution in [3.8, 4) is 0 Å². The third-order valence-corrected chi connectivity index (χ3v) is 3.97. The van der Waals surface area contributed by atoms with Crippen LogP contribution in [0, 0.1) is 0 Å². The number of carbonyl (C=O) groups is 2. The SMILES string of the molecule is O=C(C=Cc1ccsc1)Nc1ccc2c(c1)C(=O)NCC2. The van der Waals surface area contributed by atoms with Gasteiger partial charge in [0.1, 0.15) is 0 Å². The van der Waals surface area contributed by atoms with Gasteiger partial charge in [-0.15, -0.1) is 0 Å². The molecule has 106 valence electrons. The second kappa shape index (κ2) is 5.93. The molecule has 2 aromatic rings. The van der Waals surface area contributed by atoms with Gasteiger partial charge in [0.15, 0.2) is 0 Å². The standard InChI is InChI=1S/C16H14N2O2S/c19-15(4-1-11-6-8-21-10-11)18-13-3-2-12-5-7-17-16(20)14(12)9-13/h1-4,6,8-10H,5,7H2,(H,17,20)(H,18,19). The first kappa shape index (κ1) is 13.6. The molecule has 0 aliphatic carbocycles. The van der Waals surface area contributed by atoms with Crippen LogP contribution in [0.5, 0.6) is 0 Å². The highest BCUT2D eigenvalue weighted by atomic mass is 32.1. The molecule has 5 heteroatoms. The van der Waals surface area contributed by atoms with Crippen LogP contribution in [0.25, 0.3) is 6.08 Å². The first-order valence-electron chi connectivity index (χ1n) is 6.65. The van der Waals surface area contributed by atoms with Gasteiger partial charge in [0, 0.05) is 23.9 Å². The Bertz CT molecular complexity index is 705. The highest BCUT2D eigenvalue weighted by Crippen LogP contribution is 2.19. The predicted octanol–water partition coefficient (Wildman–Crippen LogP) is 2.69. The Kier molecular flexibility index (Phi) is 3.83. The van der Waals surface area contributed by atoms with E-state index in [1.165, 1.54) is 6.08 Å². The molecule has 2 amide bonds. The molecule has 0 spiro atoms. The van der Waals surface area contributed by atoms with Crippen molar-refractivity contribution < 1.29 is 9.59 Å². The lowest BCUT2D eigenvalue weighted by atomic mass is 10.00. The average Bonchev–Trinajstić information content (AvgIpc) is 2.99. The number of hydrogen-bond donors (Lipinski definition) is 2. The molecule has 1 aromatic carbocycles. The molecule has 0 unspecified atom stereocenters. The molecule has 4 nitrogen and oxygen atoms in total. The highest BCUT2D eigenvalue weighted by Gasteiger charge is 2.16. The molecule has 2 heterocycles. The zero-order valence-corrected chi connectivity index (χ0v) is 12.1. The molecule has 1 aliphatic heterocycles.